The van der Waals surface area contributed by atoms with Crippen LogP contribution in [0.3, 0.4) is 0 Å². The van der Waals surface area contributed by atoms with Crippen LogP contribution in [-0.4, -0.2) is 27.3 Å². The number of hydrogen-bond acceptors (Lipinski definition) is 4. The summed E-state index contributed by atoms with van der Waals surface area (Å²) >= 11 is 0. The predicted molar refractivity (Wildman–Crippen MR) is 123 cm³/mol. The van der Waals surface area contributed by atoms with Crippen LogP contribution in [-0.2, 0) is 0 Å². The largest absolute Gasteiger partial charge is 0.496 e. The second-order valence-electron chi connectivity index (χ2n) is 7.55. The van der Waals surface area contributed by atoms with Crippen molar-refractivity contribution in [2.45, 2.75) is 19.3 Å². The third-order valence-corrected chi connectivity index (χ3v) is 5.71. The van der Waals surface area contributed by atoms with Crippen LogP contribution in [0.25, 0.3) is 22.4 Å². The number of ether oxygens (including phenoxy) is 2. The predicted octanol–water partition coefficient (Wildman–Crippen LogP) is 5.91. The van der Waals surface area contributed by atoms with Crippen LogP contribution in [0.4, 0.5) is 5.69 Å². The maximum Gasteiger partial charge on any atom is 0.143 e. The van der Waals surface area contributed by atoms with Gasteiger partial charge < -0.3 is 14.4 Å². The standard InChI is InChI=1S/C26H26N2O2/c1-29-25-17-24(28-12-6-3-7-13-28)26(30-2)16-22(25)15-23(18-27)21-11-10-19-8-4-5-9-20(19)14-21/h4-5,8-11,14-17H,3,6-7,12-13H2,1-2H3/b23-15-. The number of piperidine rings is 1. The molecule has 0 saturated carbocycles. The van der Waals surface area contributed by atoms with E-state index < -0.39 is 0 Å². The maximum atomic E-state index is 9.86. The first kappa shape index (κ1) is 19.8. The lowest BCUT2D eigenvalue weighted by atomic mass is 9.99. The number of nitrogens with zero attached hydrogens (tertiary/aromatic N) is 2. The van der Waals surface area contributed by atoms with E-state index in [1.807, 2.05) is 42.5 Å². The molecule has 1 fully saturated rings. The highest BCUT2D eigenvalue weighted by atomic mass is 16.5. The van der Waals surface area contributed by atoms with Gasteiger partial charge in [-0.3, -0.25) is 0 Å². The number of hydrogen-bond donors (Lipinski definition) is 0. The van der Waals surface area contributed by atoms with Crippen LogP contribution in [0.5, 0.6) is 11.5 Å². The van der Waals surface area contributed by atoms with Crippen molar-refractivity contribution in [3.8, 4) is 17.6 Å². The topological polar surface area (TPSA) is 45.5 Å². The van der Waals surface area contributed by atoms with Crippen LogP contribution < -0.4 is 14.4 Å². The van der Waals surface area contributed by atoms with Gasteiger partial charge in [0.05, 0.1) is 31.5 Å². The number of anilines is 1. The Bertz CT molecular complexity index is 1120. The van der Waals surface area contributed by atoms with Gasteiger partial charge in [0.15, 0.2) is 0 Å². The average Bonchev–Trinajstić information content (AvgIpc) is 2.82. The zero-order chi connectivity index (χ0) is 20.9. The third kappa shape index (κ3) is 3.97. The minimum atomic E-state index is 0.590. The summed E-state index contributed by atoms with van der Waals surface area (Å²) < 4.78 is 11.4. The van der Waals surface area contributed by atoms with E-state index in [2.05, 4.69) is 29.2 Å². The van der Waals surface area contributed by atoms with Gasteiger partial charge in [-0.2, -0.15) is 5.26 Å². The van der Waals surface area contributed by atoms with E-state index in [1.54, 1.807) is 14.2 Å². The Kier molecular flexibility index (Phi) is 5.90. The molecule has 0 amide bonds. The lowest BCUT2D eigenvalue weighted by Gasteiger charge is -2.30. The molecule has 3 aromatic carbocycles. The van der Waals surface area contributed by atoms with E-state index in [4.69, 9.17) is 9.47 Å². The molecule has 1 aliphatic rings. The summed E-state index contributed by atoms with van der Waals surface area (Å²) in [4.78, 5) is 2.35. The van der Waals surface area contributed by atoms with E-state index >= 15 is 0 Å². The number of allylic oxidation sites excluding steroid dienone is 1. The molecule has 1 aliphatic heterocycles. The Morgan fingerprint density at radius 2 is 1.63 bits per heavy atom. The molecule has 4 heteroatoms. The molecule has 0 radical (unpaired) electrons. The lowest BCUT2D eigenvalue weighted by molar-refractivity contribution is 0.401. The lowest BCUT2D eigenvalue weighted by Crippen LogP contribution is -2.29. The summed E-state index contributed by atoms with van der Waals surface area (Å²) in [7, 11) is 3.36. The summed E-state index contributed by atoms with van der Waals surface area (Å²) in [5.74, 6) is 1.55. The van der Waals surface area contributed by atoms with E-state index in [9.17, 15) is 5.26 Å². The molecule has 0 spiro atoms. The van der Waals surface area contributed by atoms with Gasteiger partial charge >= 0.3 is 0 Å². The van der Waals surface area contributed by atoms with Gasteiger partial charge in [0.1, 0.15) is 11.5 Å². The SMILES string of the molecule is COc1cc(N2CCCCC2)c(OC)cc1/C=C(/C#N)c1ccc2ccccc2c1. The van der Waals surface area contributed by atoms with E-state index in [-0.39, 0.29) is 0 Å². The highest BCUT2D eigenvalue weighted by Crippen LogP contribution is 2.38. The van der Waals surface area contributed by atoms with Crippen molar-refractivity contribution in [3.63, 3.8) is 0 Å². The molecule has 0 aliphatic carbocycles. The van der Waals surface area contributed by atoms with Gasteiger partial charge in [0.2, 0.25) is 0 Å². The molecular weight excluding hydrogens is 372 g/mol. The van der Waals surface area contributed by atoms with Crippen LogP contribution in [0, 0.1) is 11.3 Å². The first-order valence-corrected chi connectivity index (χ1v) is 10.4. The molecule has 0 aromatic heterocycles. The number of fused-ring (bicyclic) bond motifs is 1. The van der Waals surface area contributed by atoms with E-state index in [0.717, 1.165) is 52.2 Å². The van der Waals surface area contributed by atoms with E-state index in [1.165, 1.54) is 19.3 Å². The van der Waals surface area contributed by atoms with Gasteiger partial charge in [-0.25, -0.2) is 0 Å². The molecule has 0 N–H and O–H groups in total. The highest BCUT2D eigenvalue weighted by molar-refractivity contribution is 5.95. The smallest absolute Gasteiger partial charge is 0.143 e. The van der Waals surface area contributed by atoms with Crippen molar-refractivity contribution in [2.75, 3.05) is 32.2 Å². The minimum absolute atomic E-state index is 0.590. The highest BCUT2D eigenvalue weighted by Gasteiger charge is 2.18. The molecular formula is C26H26N2O2. The van der Waals surface area contributed by atoms with Gasteiger partial charge in [0, 0.05) is 24.7 Å². The summed E-state index contributed by atoms with van der Waals surface area (Å²) in [5.41, 5.74) is 3.36. The average molecular weight is 399 g/mol. The molecule has 1 saturated heterocycles. The van der Waals surface area contributed by atoms with Gasteiger partial charge in [-0.1, -0.05) is 36.4 Å². The third-order valence-electron chi connectivity index (χ3n) is 5.71. The number of nitriles is 1. The molecule has 0 unspecified atom stereocenters. The second-order valence-corrected chi connectivity index (χ2v) is 7.55. The first-order valence-electron chi connectivity index (χ1n) is 10.4. The van der Waals surface area contributed by atoms with E-state index in [0.29, 0.717) is 5.57 Å². The molecule has 4 nitrogen and oxygen atoms in total. The molecule has 4 rings (SSSR count). The van der Waals surface area contributed by atoms with Crippen molar-refractivity contribution in [1.82, 2.24) is 0 Å². The minimum Gasteiger partial charge on any atom is -0.496 e. The Morgan fingerprint density at radius 3 is 2.33 bits per heavy atom. The zero-order valence-electron chi connectivity index (χ0n) is 17.5. The summed E-state index contributed by atoms with van der Waals surface area (Å²) in [6, 6.07) is 20.6. The fourth-order valence-corrected chi connectivity index (χ4v) is 4.09. The van der Waals surface area contributed by atoms with Crippen LogP contribution in [0.2, 0.25) is 0 Å². The van der Waals surface area contributed by atoms with Crippen molar-refractivity contribution in [2.24, 2.45) is 0 Å². The fourth-order valence-electron chi connectivity index (χ4n) is 4.09. The summed E-state index contributed by atoms with van der Waals surface area (Å²) in [5, 5.41) is 12.1. The molecule has 3 aromatic rings. The summed E-state index contributed by atoms with van der Waals surface area (Å²) in [6.07, 6.45) is 5.53. The van der Waals surface area contributed by atoms with Crippen LogP contribution in [0.15, 0.2) is 54.6 Å². The van der Waals surface area contributed by atoms with Crippen molar-refractivity contribution in [1.29, 1.82) is 5.26 Å². The number of methoxy groups -OCH3 is 2. The van der Waals surface area contributed by atoms with Crippen molar-refractivity contribution >= 4 is 28.1 Å². The molecule has 1 heterocycles. The normalized spacial score (nSPS) is 14.4. The molecule has 152 valence electrons. The monoisotopic (exact) mass is 398 g/mol. The first-order chi connectivity index (χ1) is 14.7. The van der Waals surface area contributed by atoms with Gasteiger partial charge in [0.25, 0.3) is 0 Å². The van der Waals surface area contributed by atoms with Crippen molar-refractivity contribution < 1.29 is 9.47 Å². The Hall–Kier alpha value is -3.45. The molecule has 30 heavy (non-hydrogen) atoms. The Morgan fingerprint density at radius 1 is 0.900 bits per heavy atom. The number of rotatable bonds is 5. The molecule has 0 atom stereocenters. The fraction of sp³-hybridized carbons (Fsp3) is 0.269. The summed E-state index contributed by atoms with van der Waals surface area (Å²) in [6.45, 7) is 2.05. The van der Waals surface area contributed by atoms with Crippen LogP contribution in [0.1, 0.15) is 30.4 Å². The molecule has 0 bridgehead atoms. The maximum absolute atomic E-state index is 9.86. The van der Waals surface area contributed by atoms with Crippen molar-refractivity contribution in [3.05, 3.63) is 65.7 Å². The quantitative estimate of drug-likeness (QED) is 0.396. The Labute approximate surface area is 178 Å². The van der Waals surface area contributed by atoms with Gasteiger partial charge in [-0.05, 0) is 53.8 Å². The second kappa shape index (κ2) is 8.92. The van der Waals surface area contributed by atoms with Gasteiger partial charge in [-0.15, -0.1) is 0 Å². The Balaban J connectivity index is 1.77. The zero-order valence-corrected chi connectivity index (χ0v) is 17.5. The van der Waals surface area contributed by atoms with Crippen LogP contribution >= 0.6 is 0 Å². The number of benzene rings is 3.